The van der Waals surface area contributed by atoms with Crippen LogP contribution < -0.4 is 5.32 Å². The van der Waals surface area contributed by atoms with Gasteiger partial charge in [-0.2, -0.15) is 18.4 Å². The molecular weight excluding hydrogens is 525 g/mol. The summed E-state index contributed by atoms with van der Waals surface area (Å²) in [5, 5.41) is 25.3. The third-order valence-electron chi connectivity index (χ3n) is 7.43. The molecule has 0 amide bonds. The molecular formula is C28H31F3N6OS. The molecule has 0 aliphatic carbocycles. The summed E-state index contributed by atoms with van der Waals surface area (Å²) in [6.07, 6.45) is -1.45. The first-order valence-electron chi connectivity index (χ1n) is 13.1. The monoisotopic (exact) mass is 556 g/mol. The summed E-state index contributed by atoms with van der Waals surface area (Å²) in [5.41, 5.74) is 1.75. The number of aliphatic hydroxyl groups is 1. The van der Waals surface area contributed by atoms with Crippen molar-refractivity contribution in [3.05, 3.63) is 52.8 Å². The van der Waals surface area contributed by atoms with E-state index in [-0.39, 0.29) is 10.9 Å². The Kier molecular flexibility index (Phi) is 7.55. The summed E-state index contributed by atoms with van der Waals surface area (Å²) in [7, 11) is 0. The number of thiophene rings is 1. The van der Waals surface area contributed by atoms with Crippen molar-refractivity contribution in [2.45, 2.75) is 70.4 Å². The highest BCUT2D eigenvalue weighted by Crippen LogP contribution is 2.33. The van der Waals surface area contributed by atoms with Crippen LogP contribution in [0.25, 0.3) is 21.1 Å². The van der Waals surface area contributed by atoms with Crippen LogP contribution in [0.3, 0.4) is 0 Å². The van der Waals surface area contributed by atoms with Crippen molar-refractivity contribution in [1.29, 1.82) is 5.26 Å². The van der Waals surface area contributed by atoms with Crippen LogP contribution in [0.15, 0.2) is 36.7 Å². The number of nitrogens with zero attached hydrogens (tertiary/aromatic N) is 5. The van der Waals surface area contributed by atoms with Gasteiger partial charge in [-0.15, -0.1) is 11.3 Å². The fourth-order valence-electron chi connectivity index (χ4n) is 5.13. The Hall–Kier alpha value is -3.20. The zero-order valence-electron chi connectivity index (χ0n) is 21.9. The van der Waals surface area contributed by atoms with Crippen LogP contribution >= 0.6 is 11.3 Å². The minimum Gasteiger partial charge on any atom is -0.388 e. The first-order chi connectivity index (χ1) is 18.5. The second-order valence-electron chi connectivity index (χ2n) is 10.6. The Morgan fingerprint density at radius 1 is 1.18 bits per heavy atom. The number of nitrogens with one attached hydrogen (secondary N) is 1. The summed E-state index contributed by atoms with van der Waals surface area (Å²) in [5.74, 6) is 0.591. The summed E-state index contributed by atoms with van der Waals surface area (Å²) in [6, 6.07) is 12.1. The van der Waals surface area contributed by atoms with Crippen LogP contribution in [0.1, 0.15) is 49.2 Å². The number of hydrogen-bond acceptors (Lipinski definition) is 7. The molecule has 1 unspecified atom stereocenters. The molecule has 0 saturated carbocycles. The topological polar surface area (TPSA) is 90.0 Å². The lowest BCUT2D eigenvalue weighted by molar-refractivity contribution is -0.126. The maximum atomic E-state index is 12.8. The van der Waals surface area contributed by atoms with Gasteiger partial charge in [-0.05, 0) is 56.0 Å². The molecule has 39 heavy (non-hydrogen) atoms. The number of nitriles is 1. The quantitative estimate of drug-likeness (QED) is 0.283. The largest absolute Gasteiger partial charge is 0.393 e. The minimum absolute atomic E-state index is 0.173. The van der Waals surface area contributed by atoms with E-state index in [1.165, 1.54) is 6.33 Å². The van der Waals surface area contributed by atoms with Crippen molar-refractivity contribution in [2.24, 2.45) is 0 Å². The van der Waals surface area contributed by atoms with E-state index in [1.807, 2.05) is 23.6 Å². The number of aromatic nitrogens is 3. The van der Waals surface area contributed by atoms with E-state index in [2.05, 4.69) is 38.4 Å². The number of likely N-dealkylation sites (tertiary alicyclic amines) is 1. The molecule has 1 fully saturated rings. The second kappa shape index (κ2) is 10.8. The molecule has 1 aliphatic rings. The van der Waals surface area contributed by atoms with Gasteiger partial charge in [0.1, 0.15) is 28.7 Å². The first kappa shape index (κ1) is 27.4. The zero-order valence-corrected chi connectivity index (χ0v) is 22.7. The third kappa shape index (κ3) is 6.35. The van der Waals surface area contributed by atoms with Crippen LogP contribution in [0, 0.1) is 11.3 Å². The molecule has 1 aliphatic heterocycles. The van der Waals surface area contributed by atoms with E-state index in [1.54, 1.807) is 13.0 Å². The summed E-state index contributed by atoms with van der Waals surface area (Å²) in [4.78, 5) is 11.7. The molecule has 206 valence electrons. The van der Waals surface area contributed by atoms with Crippen molar-refractivity contribution in [3.63, 3.8) is 0 Å². The van der Waals surface area contributed by atoms with E-state index in [0.29, 0.717) is 34.7 Å². The molecule has 2 N–H and O–H groups in total. The highest BCUT2D eigenvalue weighted by molar-refractivity contribution is 7.18. The second-order valence-corrected chi connectivity index (χ2v) is 11.7. The number of rotatable bonds is 8. The number of alkyl halides is 3. The highest BCUT2D eigenvalue weighted by Gasteiger charge is 2.29. The van der Waals surface area contributed by atoms with Crippen molar-refractivity contribution < 1.29 is 18.3 Å². The van der Waals surface area contributed by atoms with Crippen LogP contribution in [0.5, 0.6) is 0 Å². The normalized spacial score (nSPS) is 16.9. The molecule has 4 aromatic rings. The third-order valence-corrected chi connectivity index (χ3v) is 8.47. The van der Waals surface area contributed by atoms with Gasteiger partial charge in [-0.25, -0.2) is 9.97 Å². The molecule has 11 heteroatoms. The maximum Gasteiger partial charge on any atom is 0.393 e. The Labute approximate surface area is 228 Å². The van der Waals surface area contributed by atoms with Gasteiger partial charge in [0.2, 0.25) is 0 Å². The van der Waals surface area contributed by atoms with E-state index in [9.17, 15) is 23.5 Å². The van der Waals surface area contributed by atoms with Gasteiger partial charge in [0.15, 0.2) is 0 Å². The van der Waals surface area contributed by atoms with E-state index in [4.69, 9.17) is 0 Å². The van der Waals surface area contributed by atoms with Gasteiger partial charge in [0, 0.05) is 41.5 Å². The molecule has 0 spiro atoms. The van der Waals surface area contributed by atoms with Gasteiger partial charge < -0.3 is 15.0 Å². The van der Waals surface area contributed by atoms with Gasteiger partial charge in [0.25, 0.3) is 0 Å². The average molecular weight is 557 g/mol. The molecule has 1 aromatic carbocycles. The Morgan fingerprint density at radius 3 is 2.64 bits per heavy atom. The van der Waals surface area contributed by atoms with Gasteiger partial charge in [-0.1, -0.05) is 13.0 Å². The number of halogens is 3. The smallest absolute Gasteiger partial charge is 0.388 e. The van der Waals surface area contributed by atoms with Crippen molar-refractivity contribution in [1.82, 2.24) is 19.4 Å². The summed E-state index contributed by atoms with van der Waals surface area (Å²) >= 11 is 1.06. The lowest BCUT2D eigenvalue weighted by atomic mass is 10.0. The van der Waals surface area contributed by atoms with Crippen LogP contribution in [-0.4, -0.2) is 55.5 Å². The molecule has 1 saturated heterocycles. The lowest BCUT2D eigenvalue weighted by Gasteiger charge is -2.32. The maximum absolute atomic E-state index is 12.8. The lowest BCUT2D eigenvalue weighted by Crippen LogP contribution is -2.38. The van der Waals surface area contributed by atoms with Crippen LogP contribution in [0.2, 0.25) is 0 Å². The van der Waals surface area contributed by atoms with Gasteiger partial charge in [0.05, 0.1) is 24.0 Å². The van der Waals surface area contributed by atoms with Crippen LogP contribution in [0.4, 0.5) is 19.0 Å². The molecule has 0 radical (unpaired) electrons. The van der Waals surface area contributed by atoms with E-state index in [0.717, 1.165) is 60.3 Å². The first-order valence-corrected chi connectivity index (χ1v) is 13.9. The van der Waals surface area contributed by atoms with Crippen molar-refractivity contribution in [2.75, 3.05) is 18.4 Å². The number of hydrogen-bond donors (Lipinski definition) is 2. The molecule has 5 rings (SSSR count). The number of fused-ring (bicyclic) bond motifs is 2. The standard InChI is InChI=1S/C28H31F3N6OS/c1-3-27(2,38)16-37-21(14-32)11-19-10-18(4-5-24(19)37)15-36-8-6-20(7-9-36)35-25-23-12-22(13-28(29,30)31)39-26(23)34-17-33-25/h4-5,10-12,17,20,38H,3,6-9,13,15-16H2,1-2H3,(H,33,34,35). The number of benzene rings is 1. The number of anilines is 1. The SMILES string of the molecule is CCC(C)(O)Cn1c(C#N)cc2cc(CN3CCC(Nc4ncnc5sc(CC(F)(F)F)cc45)CC3)ccc21. The predicted molar refractivity (Wildman–Crippen MR) is 147 cm³/mol. The Balaban J connectivity index is 1.22. The van der Waals surface area contributed by atoms with Crippen molar-refractivity contribution in [3.8, 4) is 6.07 Å². The summed E-state index contributed by atoms with van der Waals surface area (Å²) in [6.45, 7) is 6.60. The fraction of sp³-hybridized carbons (Fsp3) is 0.464. The van der Waals surface area contributed by atoms with Gasteiger partial charge >= 0.3 is 6.18 Å². The highest BCUT2D eigenvalue weighted by atomic mass is 32.1. The average Bonchev–Trinajstić information content (AvgIpc) is 3.44. The molecule has 0 bridgehead atoms. The van der Waals surface area contributed by atoms with Gasteiger partial charge in [-0.3, -0.25) is 4.90 Å². The minimum atomic E-state index is -4.25. The zero-order chi connectivity index (χ0) is 27.8. The molecule has 4 heterocycles. The predicted octanol–water partition coefficient (Wildman–Crippen LogP) is 5.86. The molecule has 7 nitrogen and oxygen atoms in total. The Bertz CT molecular complexity index is 1510. The van der Waals surface area contributed by atoms with E-state index >= 15 is 0 Å². The van der Waals surface area contributed by atoms with Crippen molar-refractivity contribution >= 4 is 38.3 Å². The van der Waals surface area contributed by atoms with E-state index < -0.39 is 18.2 Å². The number of piperidine rings is 1. The Morgan fingerprint density at radius 2 is 1.95 bits per heavy atom. The molecule has 3 aromatic heterocycles. The summed E-state index contributed by atoms with van der Waals surface area (Å²) < 4.78 is 40.4. The fourth-order valence-corrected chi connectivity index (χ4v) is 6.15. The van der Waals surface area contributed by atoms with Crippen LogP contribution in [-0.2, 0) is 19.5 Å². The molecule has 1 atom stereocenters.